The van der Waals surface area contributed by atoms with E-state index in [9.17, 15) is 4.79 Å². The highest BCUT2D eigenvalue weighted by atomic mass is 16.5. The van der Waals surface area contributed by atoms with E-state index < -0.39 is 0 Å². The molecule has 6 rings (SSSR count). The molecule has 3 heteroatoms. The summed E-state index contributed by atoms with van der Waals surface area (Å²) in [6, 6.07) is 17.0. The normalized spacial score (nSPS) is 19.4. The molecule has 0 N–H and O–H groups in total. The maximum absolute atomic E-state index is 12.0. The van der Waals surface area contributed by atoms with E-state index in [4.69, 9.17) is 9.47 Å². The number of methoxy groups -OCH3 is 2. The van der Waals surface area contributed by atoms with E-state index in [-0.39, 0.29) is 5.97 Å². The number of rotatable bonds is 4. The van der Waals surface area contributed by atoms with Crippen molar-refractivity contribution < 1.29 is 14.3 Å². The van der Waals surface area contributed by atoms with Crippen LogP contribution in [0.5, 0.6) is 5.75 Å². The first-order valence-corrected chi connectivity index (χ1v) is 10.8. The van der Waals surface area contributed by atoms with Gasteiger partial charge in [0.05, 0.1) is 19.8 Å². The van der Waals surface area contributed by atoms with Gasteiger partial charge in [-0.15, -0.1) is 0 Å². The fourth-order valence-electron chi connectivity index (χ4n) is 6.07. The first kappa shape index (κ1) is 18.4. The lowest BCUT2D eigenvalue weighted by Gasteiger charge is -2.33. The van der Waals surface area contributed by atoms with Crippen LogP contribution in [0.3, 0.4) is 0 Å². The molecular formula is C28H24O3. The zero-order valence-corrected chi connectivity index (χ0v) is 17.8. The van der Waals surface area contributed by atoms with Crippen molar-refractivity contribution in [2.45, 2.75) is 31.1 Å². The third-order valence-corrected chi connectivity index (χ3v) is 7.40. The lowest BCUT2D eigenvalue weighted by Crippen LogP contribution is -2.18. The van der Waals surface area contributed by atoms with Crippen molar-refractivity contribution in [3.05, 3.63) is 94.1 Å². The highest BCUT2D eigenvalue weighted by Gasteiger charge is 2.43. The number of hydrogen-bond donors (Lipinski definition) is 0. The lowest BCUT2D eigenvalue weighted by molar-refractivity contribution is 0.0600. The molecule has 31 heavy (non-hydrogen) atoms. The van der Waals surface area contributed by atoms with Crippen LogP contribution in [-0.4, -0.2) is 20.2 Å². The van der Waals surface area contributed by atoms with E-state index in [0.29, 0.717) is 17.4 Å². The van der Waals surface area contributed by atoms with Crippen molar-refractivity contribution in [2.24, 2.45) is 0 Å². The molecule has 3 aliphatic rings. The zero-order valence-electron chi connectivity index (χ0n) is 17.8. The average molecular weight is 408 g/mol. The minimum Gasteiger partial charge on any atom is -0.496 e. The molecule has 3 nitrogen and oxygen atoms in total. The standard InChI is InChI=1S/C28H24O3/c1-15-11-23-22(13-16-7-8-19(28(29)31-3)14-24(16)30-2)21-6-4-5-17-12-18-9-10-20(15)27(23)26(18)25(17)21/h4-10,14,22-23H,1,11-13H2,2-3H3. The van der Waals surface area contributed by atoms with Gasteiger partial charge in [-0.05, 0) is 93.3 Å². The summed E-state index contributed by atoms with van der Waals surface area (Å²) in [4.78, 5) is 12.0. The molecule has 3 aromatic carbocycles. The van der Waals surface area contributed by atoms with Crippen molar-refractivity contribution >= 4 is 11.5 Å². The SMILES string of the molecule is C=C1CC2c3c1ccc1c3-c3c(cccc3C2Cc2ccc(C(=O)OC)cc2OC)C1. The van der Waals surface area contributed by atoms with Crippen molar-refractivity contribution in [1.29, 1.82) is 0 Å². The topological polar surface area (TPSA) is 35.5 Å². The minimum absolute atomic E-state index is 0.346. The lowest BCUT2D eigenvalue weighted by atomic mass is 9.70. The summed E-state index contributed by atoms with van der Waals surface area (Å²) < 4.78 is 10.6. The van der Waals surface area contributed by atoms with Crippen LogP contribution in [0.4, 0.5) is 0 Å². The second kappa shape index (κ2) is 6.58. The third-order valence-electron chi connectivity index (χ3n) is 7.40. The van der Waals surface area contributed by atoms with Crippen molar-refractivity contribution in [2.75, 3.05) is 14.2 Å². The second-order valence-corrected chi connectivity index (χ2v) is 8.86. The molecule has 0 radical (unpaired) electrons. The van der Waals surface area contributed by atoms with Crippen LogP contribution in [0.2, 0.25) is 0 Å². The molecule has 0 bridgehead atoms. The molecule has 0 aromatic heterocycles. The van der Waals surface area contributed by atoms with Gasteiger partial charge in [0.2, 0.25) is 0 Å². The largest absolute Gasteiger partial charge is 0.496 e. The summed E-state index contributed by atoms with van der Waals surface area (Å²) in [7, 11) is 3.06. The first-order valence-electron chi connectivity index (χ1n) is 10.8. The van der Waals surface area contributed by atoms with Crippen LogP contribution in [0.15, 0.2) is 55.1 Å². The van der Waals surface area contributed by atoms with Crippen LogP contribution in [-0.2, 0) is 17.6 Å². The fraction of sp³-hybridized carbons (Fsp3) is 0.250. The molecule has 0 fully saturated rings. The zero-order chi connectivity index (χ0) is 21.3. The second-order valence-electron chi connectivity index (χ2n) is 8.86. The van der Waals surface area contributed by atoms with Gasteiger partial charge in [0.25, 0.3) is 0 Å². The maximum atomic E-state index is 12.0. The Bertz CT molecular complexity index is 1280. The van der Waals surface area contributed by atoms with Gasteiger partial charge in [-0.3, -0.25) is 0 Å². The summed E-state index contributed by atoms with van der Waals surface area (Å²) in [5, 5.41) is 0. The fourth-order valence-corrected chi connectivity index (χ4v) is 6.07. The molecule has 3 aromatic rings. The van der Waals surface area contributed by atoms with Gasteiger partial charge in [-0.1, -0.05) is 43.0 Å². The molecule has 3 aliphatic carbocycles. The summed E-state index contributed by atoms with van der Waals surface area (Å²) in [6.07, 6.45) is 2.89. The number of carbonyl (C=O) groups is 1. The van der Waals surface area contributed by atoms with Crippen molar-refractivity contribution in [1.82, 2.24) is 0 Å². The summed E-state index contributed by atoms with van der Waals surface area (Å²) in [5.41, 5.74) is 13.0. The third kappa shape index (κ3) is 2.49. The van der Waals surface area contributed by atoms with Gasteiger partial charge < -0.3 is 9.47 Å². The van der Waals surface area contributed by atoms with Crippen molar-refractivity contribution in [3.63, 3.8) is 0 Å². The molecule has 2 atom stereocenters. The number of esters is 1. The Labute approximate surface area is 182 Å². The Kier molecular flexibility index (Phi) is 3.92. The van der Waals surface area contributed by atoms with Gasteiger partial charge >= 0.3 is 5.97 Å². The molecule has 0 spiro atoms. The average Bonchev–Trinajstić information content (AvgIpc) is 3.34. The maximum Gasteiger partial charge on any atom is 0.337 e. The quantitative estimate of drug-likeness (QED) is 0.395. The molecule has 0 aliphatic heterocycles. The molecular weight excluding hydrogens is 384 g/mol. The molecule has 0 amide bonds. The van der Waals surface area contributed by atoms with Crippen molar-refractivity contribution in [3.8, 4) is 16.9 Å². The Morgan fingerprint density at radius 2 is 1.90 bits per heavy atom. The number of benzene rings is 3. The van der Waals surface area contributed by atoms with E-state index in [0.717, 1.165) is 30.6 Å². The van der Waals surface area contributed by atoms with Gasteiger partial charge in [0.15, 0.2) is 0 Å². The number of allylic oxidation sites excluding steroid dienone is 1. The number of ether oxygens (including phenoxy) is 2. The van der Waals surface area contributed by atoms with E-state index in [1.165, 1.54) is 51.6 Å². The van der Waals surface area contributed by atoms with Gasteiger partial charge in [0, 0.05) is 0 Å². The van der Waals surface area contributed by atoms with Crippen LogP contribution in [0.1, 0.15) is 62.0 Å². The van der Waals surface area contributed by atoms with Crippen LogP contribution >= 0.6 is 0 Å². The predicted octanol–water partition coefficient (Wildman–Crippen LogP) is 5.89. The van der Waals surface area contributed by atoms with Crippen LogP contribution < -0.4 is 4.74 Å². The Morgan fingerprint density at radius 3 is 2.71 bits per heavy atom. The molecule has 154 valence electrons. The first-order chi connectivity index (χ1) is 15.1. The van der Waals surface area contributed by atoms with Gasteiger partial charge in [-0.2, -0.15) is 0 Å². The van der Waals surface area contributed by atoms with E-state index >= 15 is 0 Å². The monoisotopic (exact) mass is 408 g/mol. The smallest absolute Gasteiger partial charge is 0.337 e. The number of carbonyl (C=O) groups excluding carboxylic acids is 1. The van der Waals surface area contributed by atoms with E-state index in [2.05, 4.69) is 36.9 Å². The molecule has 0 saturated heterocycles. The summed E-state index contributed by atoms with van der Waals surface area (Å²) in [6.45, 7) is 4.41. The molecule has 0 heterocycles. The number of hydrogen-bond acceptors (Lipinski definition) is 3. The summed E-state index contributed by atoms with van der Waals surface area (Å²) >= 11 is 0. The van der Waals surface area contributed by atoms with Gasteiger partial charge in [0.1, 0.15) is 5.75 Å². The van der Waals surface area contributed by atoms with E-state index in [1.54, 1.807) is 13.2 Å². The predicted molar refractivity (Wildman–Crippen MR) is 122 cm³/mol. The summed E-state index contributed by atoms with van der Waals surface area (Å²) in [5.74, 6) is 1.18. The van der Waals surface area contributed by atoms with Crippen LogP contribution in [0.25, 0.3) is 16.7 Å². The molecule has 2 unspecified atom stereocenters. The minimum atomic E-state index is -0.346. The Morgan fingerprint density at radius 1 is 1.06 bits per heavy atom. The highest BCUT2D eigenvalue weighted by Crippen LogP contribution is 2.60. The van der Waals surface area contributed by atoms with Gasteiger partial charge in [-0.25, -0.2) is 4.79 Å². The highest BCUT2D eigenvalue weighted by molar-refractivity contribution is 5.92. The Hall–Kier alpha value is -3.33. The van der Waals surface area contributed by atoms with Crippen LogP contribution in [0, 0.1) is 0 Å². The van der Waals surface area contributed by atoms with E-state index in [1.807, 2.05) is 12.1 Å². The molecule has 0 saturated carbocycles. The Balaban J connectivity index is 1.49.